The molecular weight excluding hydrogens is 252 g/mol. The highest BCUT2D eigenvalue weighted by molar-refractivity contribution is 5.75. The number of rotatable bonds is 8. The minimum atomic E-state index is -1.02. The Kier molecular flexibility index (Phi) is 7.25. The van der Waals surface area contributed by atoms with Crippen molar-refractivity contribution in [1.29, 1.82) is 0 Å². The van der Waals surface area contributed by atoms with Crippen LogP contribution in [0.2, 0.25) is 0 Å². The monoisotopic (exact) mass is 276 g/mol. The van der Waals surface area contributed by atoms with Crippen molar-refractivity contribution in [2.75, 3.05) is 19.8 Å². The van der Waals surface area contributed by atoms with Gasteiger partial charge in [-0.15, -0.1) is 0 Å². The molecule has 0 saturated carbocycles. The largest absolute Gasteiger partial charge is 0.396 e. The molecular formula is C12H24N2O5. The van der Waals surface area contributed by atoms with E-state index in [0.29, 0.717) is 12.8 Å². The number of carbonyl (C=O) groups is 1. The first-order chi connectivity index (χ1) is 9.10. The molecule has 6 N–H and O–H groups in total. The Hall–Kier alpha value is -0.730. The van der Waals surface area contributed by atoms with Crippen LogP contribution in [0.1, 0.15) is 25.7 Å². The number of amides is 1. The van der Waals surface area contributed by atoms with Crippen LogP contribution in [0.3, 0.4) is 0 Å². The molecule has 1 aliphatic rings. The fourth-order valence-corrected chi connectivity index (χ4v) is 2.17. The van der Waals surface area contributed by atoms with E-state index in [9.17, 15) is 15.0 Å². The van der Waals surface area contributed by atoms with Gasteiger partial charge in [0.1, 0.15) is 0 Å². The van der Waals surface area contributed by atoms with Crippen LogP contribution in [0.4, 0.5) is 0 Å². The summed E-state index contributed by atoms with van der Waals surface area (Å²) in [6, 6.07) is -1.00. The average molecular weight is 276 g/mol. The van der Waals surface area contributed by atoms with Crippen molar-refractivity contribution in [2.24, 2.45) is 0 Å². The highest BCUT2D eigenvalue weighted by Gasteiger charge is 2.40. The zero-order valence-corrected chi connectivity index (χ0v) is 11.0. The van der Waals surface area contributed by atoms with E-state index >= 15 is 0 Å². The molecule has 1 heterocycles. The van der Waals surface area contributed by atoms with Gasteiger partial charge in [-0.05, 0) is 12.8 Å². The number of carbonyl (C=O) groups excluding carboxylic acids is 1. The Balaban J connectivity index is 2.20. The fourth-order valence-electron chi connectivity index (χ4n) is 2.17. The highest BCUT2D eigenvalue weighted by Crippen LogP contribution is 2.13. The van der Waals surface area contributed by atoms with Crippen molar-refractivity contribution in [1.82, 2.24) is 10.6 Å². The van der Waals surface area contributed by atoms with Crippen LogP contribution in [0.15, 0.2) is 0 Å². The normalized spacial score (nSPS) is 30.5. The summed E-state index contributed by atoms with van der Waals surface area (Å²) in [4.78, 5) is 11.5. The van der Waals surface area contributed by atoms with E-state index in [1.54, 1.807) is 0 Å². The third-order valence-electron chi connectivity index (χ3n) is 3.38. The number of aliphatic hydroxyl groups excluding tert-OH is 4. The second-order valence-corrected chi connectivity index (χ2v) is 4.88. The first-order valence-corrected chi connectivity index (χ1v) is 6.70. The van der Waals surface area contributed by atoms with Gasteiger partial charge >= 0.3 is 0 Å². The van der Waals surface area contributed by atoms with E-state index in [2.05, 4.69) is 10.6 Å². The van der Waals surface area contributed by atoms with Gasteiger partial charge in [-0.3, -0.25) is 4.79 Å². The van der Waals surface area contributed by atoms with Gasteiger partial charge < -0.3 is 31.1 Å². The Morgan fingerprint density at radius 3 is 2.32 bits per heavy atom. The fraction of sp³-hybridized carbons (Fsp3) is 0.917. The summed E-state index contributed by atoms with van der Waals surface area (Å²) in [5.41, 5.74) is 0. The number of nitrogens with one attached hydrogen (secondary N) is 2. The molecule has 19 heavy (non-hydrogen) atoms. The molecule has 0 aromatic heterocycles. The summed E-state index contributed by atoms with van der Waals surface area (Å²) in [6.07, 6.45) is 0.590. The first-order valence-electron chi connectivity index (χ1n) is 6.70. The molecule has 1 amide bonds. The topological polar surface area (TPSA) is 122 Å². The van der Waals surface area contributed by atoms with Gasteiger partial charge in [-0.2, -0.15) is 0 Å². The molecule has 1 rings (SSSR count). The maximum atomic E-state index is 11.5. The van der Waals surface area contributed by atoms with Gasteiger partial charge in [-0.25, -0.2) is 0 Å². The Morgan fingerprint density at radius 2 is 1.74 bits per heavy atom. The minimum absolute atomic E-state index is 0.117. The molecule has 0 spiro atoms. The molecule has 7 nitrogen and oxygen atoms in total. The Bertz CT molecular complexity index is 277. The molecule has 112 valence electrons. The molecule has 0 bridgehead atoms. The van der Waals surface area contributed by atoms with E-state index in [1.807, 2.05) is 0 Å². The predicted molar refractivity (Wildman–Crippen MR) is 68.4 cm³/mol. The third-order valence-corrected chi connectivity index (χ3v) is 3.38. The summed E-state index contributed by atoms with van der Waals surface area (Å²) in [6.45, 7) is 0.0949. The summed E-state index contributed by atoms with van der Waals surface area (Å²) >= 11 is 0. The summed E-state index contributed by atoms with van der Waals surface area (Å²) < 4.78 is 0. The van der Waals surface area contributed by atoms with Crippen LogP contribution >= 0.6 is 0 Å². The van der Waals surface area contributed by atoms with Crippen LogP contribution in [0, 0.1) is 0 Å². The van der Waals surface area contributed by atoms with Crippen LogP contribution < -0.4 is 10.6 Å². The van der Waals surface area contributed by atoms with Crippen LogP contribution in [0.25, 0.3) is 0 Å². The molecule has 4 atom stereocenters. The van der Waals surface area contributed by atoms with E-state index < -0.39 is 24.3 Å². The van der Waals surface area contributed by atoms with Crippen molar-refractivity contribution < 1.29 is 25.2 Å². The van der Waals surface area contributed by atoms with Crippen molar-refractivity contribution in [3.05, 3.63) is 0 Å². The van der Waals surface area contributed by atoms with Crippen molar-refractivity contribution in [2.45, 2.75) is 50.0 Å². The van der Waals surface area contributed by atoms with Crippen molar-refractivity contribution in [3.63, 3.8) is 0 Å². The van der Waals surface area contributed by atoms with E-state index in [-0.39, 0.29) is 25.7 Å². The SMILES string of the molecule is O=C(CCCCCO)NC[C@H]1N[C@H](CO)[C@@H](O)[C@@H]1O. The second-order valence-electron chi connectivity index (χ2n) is 4.88. The van der Waals surface area contributed by atoms with E-state index in [1.165, 1.54) is 0 Å². The molecule has 0 radical (unpaired) electrons. The van der Waals surface area contributed by atoms with Gasteiger partial charge in [-0.1, -0.05) is 6.42 Å². The lowest BCUT2D eigenvalue weighted by Crippen LogP contribution is -2.44. The molecule has 0 unspecified atom stereocenters. The van der Waals surface area contributed by atoms with Crippen molar-refractivity contribution in [3.8, 4) is 0 Å². The lowest BCUT2D eigenvalue weighted by molar-refractivity contribution is -0.121. The minimum Gasteiger partial charge on any atom is -0.396 e. The standard InChI is InChI=1S/C12H24N2O5/c15-5-3-1-2-4-10(17)13-6-8-11(18)12(19)9(7-16)14-8/h8-9,11-12,14-16,18-19H,1-7H2,(H,13,17)/t8-,9-,11-,12-/m1/s1. The molecule has 1 aliphatic heterocycles. The smallest absolute Gasteiger partial charge is 0.220 e. The van der Waals surface area contributed by atoms with Gasteiger partial charge in [0.15, 0.2) is 0 Å². The van der Waals surface area contributed by atoms with Gasteiger partial charge in [0.2, 0.25) is 5.91 Å². The first kappa shape index (κ1) is 16.3. The zero-order chi connectivity index (χ0) is 14.3. The maximum absolute atomic E-state index is 11.5. The molecule has 7 heteroatoms. The van der Waals surface area contributed by atoms with Crippen LogP contribution in [0.5, 0.6) is 0 Å². The van der Waals surface area contributed by atoms with Gasteiger partial charge in [0.05, 0.1) is 30.9 Å². The lowest BCUT2D eigenvalue weighted by atomic mass is 10.1. The Labute approximate surface area is 112 Å². The van der Waals surface area contributed by atoms with Gasteiger partial charge in [0, 0.05) is 19.6 Å². The highest BCUT2D eigenvalue weighted by atomic mass is 16.3. The molecule has 0 aromatic rings. The maximum Gasteiger partial charge on any atom is 0.220 e. The molecule has 1 fully saturated rings. The zero-order valence-electron chi connectivity index (χ0n) is 11.0. The summed E-state index contributed by atoms with van der Waals surface area (Å²) in [5.74, 6) is -0.117. The number of hydrogen-bond donors (Lipinski definition) is 6. The Morgan fingerprint density at radius 1 is 1.05 bits per heavy atom. The van der Waals surface area contributed by atoms with Gasteiger partial charge in [0.25, 0.3) is 0 Å². The quantitative estimate of drug-likeness (QED) is 0.277. The summed E-state index contributed by atoms with van der Waals surface area (Å²) in [7, 11) is 0. The summed E-state index contributed by atoms with van der Waals surface area (Å²) in [5, 5.41) is 42.4. The number of aliphatic hydroxyl groups is 4. The predicted octanol–water partition coefficient (Wildman–Crippen LogP) is -2.29. The average Bonchev–Trinajstić information content (AvgIpc) is 2.68. The molecule has 0 aromatic carbocycles. The number of unbranched alkanes of at least 4 members (excludes halogenated alkanes) is 2. The van der Waals surface area contributed by atoms with Crippen molar-refractivity contribution >= 4 is 5.91 Å². The van der Waals surface area contributed by atoms with Crippen LogP contribution in [-0.4, -0.2) is 70.4 Å². The van der Waals surface area contributed by atoms with Crippen LogP contribution in [-0.2, 0) is 4.79 Å². The lowest BCUT2D eigenvalue weighted by Gasteiger charge is -2.16. The second kappa shape index (κ2) is 8.44. The molecule has 0 aliphatic carbocycles. The number of hydrogen-bond acceptors (Lipinski definition) is 6. The van der Waals surface area contributed by atoms with E-state index in [4.69, 9.17) is 10.2 Å². The molecule has 1 saturated heterocycles. The van der Waals surface area contributed by atoms with E-state index in [0.717, 1.165) is 12.8 Å². The third kappa shape index (κ3) is 5.04.